The van der Waals surface area contributed by atoms with Crippen LogP contribution in [-0.2, 0) is 5.41 Å². The Kier molecular flexibility index (Phi) is 7.52. The lowest BCUT2D eigenvalue weighted by atomic mass is 9.68. The van der Waals surface area contributed by atoms with Crippen LogP contribution < -0.4 is 4.90 Å². The number of hydrogen-bond acceptors (Lipinski definition) is 2. The van der Waals surface area contributed by atoms with Gasteiger partial charge in [-0.15, -0.1) is 0 Å². The molecular weight excluding hydrogens is 753 g/mol. The van der Waals surface area contributed by atoms with Crippen LogP contribution in [0.1, 0.15) is 22.3 Å². The van der Waals surface area contributed by atoms with Gasteiger partial charge >= 0.3 is 0 Å². The topological polar surface area (TPSA) is 21.3 Å². The number of hydrogen-bond donors (Lipinski definition) is 0. The van der Waals surface area contributed by atoms with Gasteiger partial charge in [0.05, 0.1) is 22.1 Å². The monoisotopic (exact) mass is 790 g/mol. The summed E-state index contributed by atoms with van der Waals surface area (Å²) >= 11 is 0. The maximum atomic E-state index is 6.54. The molecule has 0 atom stereocenters. The van der Waals surface area contributed by atoms with Gasteiger partial charge in [0.15, 0.2) is 0 Å². The number of furan rings is 1. The number of benzene rings is 10. The van der Waals surface area contributed by atoms with E-state index in [0.29, 0.717) is 0 Å². The lowest BCUT2D eigenvalue weighted by Gasteiger charge is -2.34. The Morgan fingerprint density at radius 2 is 0.984 bits per heavy atom. The molecule has 0 amide bonds. The Balaban J connectivity index is 1.07. The average Bonchev–Trinajstić information content (AvgIpc) is 4.00. The third-order valence-corrected chi connectivity index (χ3v) is 13.2. The number of rotatable bonds is 6. The van der Waals surface area contributed by atoms with Crippen molar-refractivity contribution in [1.29, 1.82) is 0 Å². The molecule has 0 unspecified atom stereocenters. The predicted octanol–water partition coefficient (Wildman–Crippen LogP) is 15.7. The molecule has 0 bridgehead atoms. The van der Waals surface area contributed by atoms with E-state index in [-0.39, 0.29) is 0 Å². The van der Waals surface area contributed by atoms with Gasteiger partial charge < -0.3 is 13.9 Å². The molecule has 3 nitrogen and oxygen atoms in total. The summed E-state index contributed by atoms with van der Waals surface area (Å²) in [5.41, 5.74) is 15.6. The molecule has 12 aromatic rings. The fourth-order valence-electron chi connectivity index (χ4n) is 10.7. The highest BCUT2D eigenvalue weighted by molar-refractivity contribution is 6.15. The van der Waals surface area contributed by atoms with Crippen molar-refractivity contribution in [2.75, 3.05) is 4.90 Å². The molecule has 10 aromatic carbocycles. The van der Waals surface area contributed by atoms with Crippen LogP contribution in [0.4, 0.5) is 17.1 Å². The Morgan fingerprint density at radius 1 is 0.403 bits per heavy atom. The molecule has 0 radical (unpaired) electrons. The van der Waals surface area contributed by atoms with E-state index in [1.807, 2.05) is 6.07 Å². The molecule has 0 saturated heterocycles. The Morgan fingerprint density at radius 3 is 1.71 bits per heavy atom. The number of aromatic nitrogens is 1. The van der Waals surface area contributed by atoms with Crippen molar-refractivity contribution >= 4 is 71.6 Å². The summed E-state index contributed by atoms with van der Waals surface area (Å²) in [5, 5.41) is 6.99. The molecule has 0 spiro atoms. The van der Waals surface area contributed by atoms with Gasteiger partial charge in [-0.05, 0) is 106 Å². The van der Waals surface area contributed by atoms with E-state index in [1.165, 1.54) is 55.2 Å². The van der Waals surface area contributed by atoms with Crippen LogP contribution >= 0.6 is 0 Å². The van der Waals surface area contributed by atoms with Crippen LogP contribution in [0, 0.1) is 0 Å². The van der Waals surface area contributed by atoms with Gasteiger partial charge in [-0.2, -0.15) is 0 Å². The van der Waals surface area contributed by atoms with Crippen molar-refractivity contribution < 1.29 is 4.42 Å². The van der Waals surface area contributed by atoms with Crippen LogP contribution in [0.3, 0.4) is 0 Å². The number of nitrogens with zero attached hydrogens (tertiary/aromatic N) is 2. The van der Waals surface area contributed by atoms with E-state index in [1.54, 1.807) is 0 Å². The largest absolute Gasteiger partial charge is 0.455 e. The van der Waals surface area contributed by atoms with E-state index in [0.717, 1.165) is 55.5 Å². The highest BCUT2D eigenvalue weighted by atomic mass is 16.3. The van der Waals surface area contributed by atoms with Gasteiger partial charge in [0.25, 0.3) is 0 Å². The summed E-state index contributed by atoms with van der Waals surface area (Å²) < 4.78 is 8.92. The SMILES string of the molecule is c1ccc(C2(c3ccccc3)c3ccccc3-c3c(N(c4ccc(-n5c6ccccc6c6ccccc65)cc4)c4ccc5c(ccc6c7ccccc7oc56)c4)cccc32)cc1. The Hall–Kier alpha value is -8.14. The van der Waals surface area contributed by atoms with Crippen LogP contribution in [0.15, 0.2) is 235 Å². The van der Waals surface area contributed by atoms with Gasteiger partial charge in [-0.25, -0.2) is 0 Å². The van der Waals surface area contributed by atoms with Gasteiger partial charge in [0.2, 0.25) is 0 Å². The summed E-state index contributed by atoms with van der Waals surface area (Å²) in [6.45, 7) is 0. The number of anilines is 3. The summed E-state index contributed by atoms with van der Waals surface area (Å²) in [6, 6.07) is 84.1. The summed E-state index contributed by atoms with van der Waals surface area (Å²) in [7, 11) is 0. The fourth-order valence-corrected chi connectivity index (χ4v) is 10.7. The number of para-hydroxylation sites is 3. The zero-order chi connectivity index (χ0) is 40.8. The highest BCUT2D eigenvalue weighted by Gasteiger charge is 2.47. The number of fused-ring (bicyclic) bond motifs is 11. The second kappa shape index (κ2) is 13.4. The molecule has 13 rings (SSSR count). The molecule has 0 N–H and O–H groups in total. The van der Waals surface area contributed by atoms with Gasteiger partial charge in [0, 0.05) is 49.6 Å². The molecular formula is C59H38N2O. The quantitative estimate of drug-likeness (QED) is 0.167. The minimum absolute atomic E-state index is 0.521. The predicted molar refractivity (Wildman–Crippen MR) is 258 cm³/mol. The molecule has 0 saturated carbocycles. The normalized spacial score (nSPS) is 13.0. The summed E-state index contributed by atoms with van der Waals surface area (Å²) in [5.74, 6) is 0. The molecule has 1 aliphatic rings. The van der Waals surface area contributed by atoms with E-state index >= 15 is 0 Å². The maximum absolute atomic E-state index is 6.54. The zero-order valence-electron chi connectivity index (χ0n) is 33.7. The highest BCUT2D eigenvalue weighted by Crippen LogP contribution is 2.59. The van der Waals surface area contributed by atoms with Crippen molar-refractivity contribution in [3.05, 3.63) is 253 Å². The second-order valence-electron chi connectivity index (χ2n) is 16.4. The minimum atomic E-state index is -0.521. The first-order chi connectivity index (χ1) is 30.8. The van der Waals surface area contributed by atoms with Crippen LogP contribution in [0.5, 0.6) is 0 Å². The molecule has 62 heavy (non-hydrogen) atoms. The first-order valence-electron chi connectivity index (χ1n) is 21.3. The average molecular weight is 791 g/mol. The van der Waals surface area contributed by atoms with Crippen LogP contribution in [0.2, 0.25) is 0 Å². The van der Waals surface area contributed by atoms with Crippen LogP contribution in [-0.4, -0.2) is 4.57 Å². The minimum Gasteiger partial charge on any atom is -0.455 e. The van der Waals surface area contributed by atoms with Crippen molar-refractivity contribution in [2.45, 2.75) is 5.41 Å². The Labute approximate surface area is 359 Å². The van der Waals surface area contributed by atoms with Gasteiger partial charge in [-0.1, -0.05) is 158 Å². The fraction of sp³-hybridized carbons (Fsp3) is 0.0169. The maximum Gasteiger partial charge on any atom is 0.143 e. The molecule has 290 valence electrons. The Bertz CT molecular complexity index is 3600. The van der Waals surface area contributed by atoms with E-state index < -0.39 is 5.41 Å². The molecule has 0 aliphatic heterocycles. The summed E-state index contributed by atoms with van der Waals surface area (Å²) in [6.07, 6.45) is 0. The van der Waals surface area contributed by atoms with Crippen molar-refractivity contribution in [3.8, 4) is 16.8 Å². The van der Waals surface area contributed by atoms with E-state index in [4.69, 9.17) is 4.42 Å². The van der Waals surface area contributed by atoms with Crippen molar-refractivity contribution in [1.82, 2.24) is 4.57 Å². The standard InChI is InChI=1S/C59H38N2O/c1-3-16-40(17-4-1)59(41-18-5-2-6-19-41)51-24-11-7-23-50(51)57-52(59)25-15-28-55(57)60(44-35-37-45-39(38-44)30-36-49-48-22-10-14-29-56(48)62-58(45)49)42-31-33-43(34-32-42)61-53-26-12-8-20-46(53)47-21-9-13-27-54(47)61/h1-38H. The van der Waals surface area contributed by atoms with Crippen molar-refractivity contribution in [3.63, 3.8) is 0 Å². The zero-order valence-corrected chi connectivity index (χ0v) is 33.7. The van der Waals surface area contributed by atoms with Crippen molar-refractivity contribution in [2.24, 2.45) is 0 Å². The van der Waals surface area contributed by atoms with E-state index in [2.05, 4.69) is 234 Å². The molecule has 0 fully saturated rings. The first kappa shape index (κ1) is 34.7. The third kappa shape index (κ3) is 4.88. The van der Waals surface area contributed by atoms with E-state index in [9.17, 15) is 0 Å². The molecule has 3 heteroatoms. The molecule has 2 heterocycles. The van der Waals surface area contributed by atoms with Crippen LogP contribution in [0.25, 0.3) is 71.3 Å². The molecule has 1 aliphatic carbocycles. The van der Waals surface area contributed by atoms with Gasteiger partial charge in [0.1, 0.15) is 11.2 Å². The lowest BCUT2D eigenvalue weighted by Crippen LogP contribution is -2.28. The smallest absolute Gasteiger partial charge is 0.143 e. The first-order valence-corrected chi connectivity index (χ1v) is 21.3. The second-order valence-corrected chi connectivity index (χ2v) is 16.4. The summed E-state index contributed by atoms with van der Waals surface area (Å²) in [4.78, 5) is 2.46. The third-order valence-electron chi connectivity index (χ3n) is 13.2. The lowest BCUT2D eigenvalue weighted by molar-refractivity contribution is 0.672. The molecule has 2 aromatic heterocycles. The van der Waals surface area contributed by atoms with Gasteiger partial charge in [-0.3, -0.25) is 0 Å².